The zero-order valence-electron chi connectivity index (χ0n) is 13.0. The SMILES string of the molecule is CN1C=C([N+]2=Cc3ccccc3Sc3cc(Cl)ccc32)CCC1. The molecule has 0 radical (unpaired) electrons. The van der Waals surface area contributed by atoms with Gasteiger partial charge in [-0.15, -0.1) is 0 Å². The van der Waals surface area contributed by atoms with Gasteiger partial charge in [0.2, 0.25) is 11.4 Å². The van der Waals surface area contributed by atoms with Gasteiger partial charge in [-0.25, -0.2) is 0 Å². The Morgan fingerprint density at radius 2 is 2.00 bits per heavy atom. The van der Waals surface area contributed by atoms with Gasteiger partial charge < -0.3 is 4.90 Å². The predicted octanol–water partition coefficient (Wildman–Crippen LogP) is 5.13. The van der Waals surface area contributed by atoms with Gasteiger partial charge in [-0.3, -0.25) is 0 Å². The fourth-order valence-corrected chi connectivity index (χ4v) is 4.41. The molecule has 2 aliphatic rings. The lowest BCUT2D eigenvalue weighted by Crippen LogP contribution is -2.22. The van der Waals surface area contributed by atoms with Crippen molar-refractivity contribution < 1.29 is 4.58 Å². The van der Waals surface area contributed by atoms with Crippen LogP contribution in [0.2, 0.25) is 5.02 Å². The first-order valence-corrected chi connectivity index (χ1v) is 9.02. The summed E-state index contributed by atoms with van der Waals surface area (Å²) in [5.41, 5.74) is 3.79. The van der Waals surface area contributed by atoms with Gasteiger partial charge in [-0.05, 0) is 30.7 Å². The van der Waals surface area contributed by atoms with Gasteiger partial charge in [-0.1, -0.05) is 35.5 Å². The number of hydrogen-bond acceptors (Lipinski definition) is 2. The maximum absolute atomic E-state index is 6.25. The van der Waals surface area contributed by atoms with Crippen LogP contribution in [-0.2, 0) is 0 Å². The minimum absolute atomic E-state index is 0.783. The summed E-state index contributed by atoms with van der Waals surface area (Å²) in [5, 5.41) is 0.783. The highest BCUT2D eigenvalue weighted by Crippen LogP contribution is 2.41. The molecule has 0 fully saturated rings. The molecular weight excluding hydrogens is 324 g/mol. The monoisotopic (exact) mass is 341 g/mol. The summed E-state index contributed by atoms with van der Waals surface area (Å²) in [5.74, 6) is 0. The zero-order chi connectivity index (χ0) is 15.8. The van der Waals surface area contributed by atoms with Crippen LogP contribution in [0.1, 0.15) is 18.4 Å². The van der Waals surface area contributed by atoms with Crippen molar-refractivity contribution in [2.75, 3.05) is 13.6 Å². The highest BCUT2D eigenvalue weighted by molar-refractivity contribution is 7.99. The molecule has 0 aromatic heterocycles. The lowest BCUT2D eigenvalue weighted by atomic mass is 10.1. The third kappa shape index (κ3) is 2.91. The van der Waals surface area contributed by atoms with E-state index in [-0.39, 0.29) is 0 Å². The van der Waals surface area contributed by atoms with Crippen LogP contribution in [0.25, 0.3) is 0 Å². The summed E-state index contributed by atoms with van der Waals surface area (Å²) in [6, 6.07) is 14.7. The average molecular weight is 342 g/mol. The van der Waals surface area contributed by atoms with Gasteiger partial charge >= 0.3 is 0 Å². The molecule has 0 amide bonds. The Kier molecular flexibility index (Phi) is 3.92. The molecule has 2 nitrogen and oxygen atoms in total. The Morgan fingerprint density at radius 3 is 2.87 bits per heavy atom. The Morgan fingerprint density at radius 1 is 1.13 bits per heavy atom. The fraction of sp³-hybridized carbons (Fsp3) is 0.211. The quantitative estimate of drug-likeness (QED) is 0.663. The van der Waals surface area contributed by atoms with Crippen LogP contribution in [0.4, 0.5) is 5.69 Å². The van der Waals surface area contributed by atoms with Gasteiger partial charge in [0.05, 0.1) is 16.7 Å². The van der Waals surface area contributed by atoms with Crippen molar-refractivity contribution in [3.63, 3.8) is 0 Å². The maximum atomic E-state index is 6.25. The van der Waals surface area contributed by atoms with Crippen molar-refractivity contribution in [1.82, 2.24) is 4.90 Å². The number of nitrogens with zero attached hydrogens (tertiary/aromatic N) is 2. The van der Waals surface area contributed by atoms with Crippen LogP contribution < -0.4 is 0 Å². The molecule has 2 aromatic carbocycles. The van der Waals surface area contributed by atoms with Gasteiger partial charge in [0, 0.05) is 36.0 Å². The molecule has 0 N–H and O–H groups in total. The van der Waals surface area contributed by atoms with Gasteiger partial charge in [-0.2, -0.15) is 4.58 Å². The van der Waals surface area contributed by atoms with Crippen LogP contribution in [0, 0.1) is 0 Å². The van der Waals surface area contributed by atoms with Crippen molar-refractivity contribution in [3.8, 4) is 0 Å². The molecule has 2 aliphatic heterocycles. The minimum Gasteiger partial charge on any atom is -0.375 e. The second kappa shape index (κ2) is 6.06. The molecule has 0 aliphatic carbocycles. The molecule has 2 aromatic rings. The van der Waals surface area contributed by atoms with E-state index in [2.05, 4.69) is 65.3 Å². The summed E-state index contributed by atoms with van der Waals surface area (Å²) in [4.78, 5) is 4.74. The number of allylic oxidation sites excluding steroid dienone is 1. The standard InChI is InChI=1S/C19H18ClN2S/c1-21-10-4-6-16(13-21)22-12-14-5-2-3-7-18(14)23-19-11-15(20)8-9-17(19)22/h2-3,5,7-9,11-13H,4,6,10H2,1H3/q+1. The van der Waals surface area contributed by atoms with E-state index in [9.17, 15) is 0 Å². The Labute approximate surface area is 146 Å². The van der Waals surface area contributed by atoms with Crippen LogP contribution in [0.5, 0.6) is 0 Å². The van der Waals surface area contributed by atoms with Crippen LogP contribution >= 0.6 is 23.4 Å². The molecule has 4 rings (SSSR count). The van der Waals surface area contributed by atoms with Gasteiger partial charge in [0.15, 0.2) is 6.21 Å². The lowest BCUT2D eigenvalue weighted by Gasteiger charge is -2.20. The minimum atomic E-state index is 0.783. The van der Waals surface area contributed by atoms with Gasteiger partial charge in [0.25, 0.3) is 0 Å². The molecule has 2 heterocycles. The van der Waals surface area contributed by atoms with Crippen molar-refractivity contribution in [3.05, 3.63) is 64.9 Å². The van der Waals surface area contributed by atoms with E-state index in [4.69, 9.17) is 11.6 Å². The molecule has 116 valence electrons. The summed E-state index contributed by atoms with van der Waals surface area (Å²) in [6.45, 7) is 1.12. The average Bonchev–Trinajstić information content (AvgIpc) is 2.70. The van der Waals surface area contributed by atoms with Crippen molar-refractivity contribution in [2.24, 2.45) is 0 Å². The van der Waals surface area contributed by atoms with E-state index in [0.717, 1.165) is 18.0 Å². The Balaban J connectivity index is 1.93. The molecule has 0 bridgehead atoms. The number of halogens is 1. The Bertz CT molecular complexity index is 826. The first kappa shape index (κ1) is 14.9. The summed E-state index contributed by atoms with van der Waals surface area (Å²) in [6.07, 6.45) is 6.80. The van der Waals surface area contributed by atoms with E-state index < -0.39 is 0 Å². The smallest absolute Gasteiger partial charge is 0.225 e. The highest BCUT2D eigenvalue weighted by atomic mass is 35.5. The molecule has 0 saturated heterocycles. The first-order valence-electron chi connectivity index (χ1n) is 7.82. The van der Waals surface area contributed by atoms with Crippen LogP contribution in [-0.4, -0.2) is 29.3 Å². The molecule has 0 unspecified atom stereocenters. The maximum Gasteiger partial charge on any atom is 0.225 e. The number of fused-ring (bicyclic) bond motifs is 2. The molecule has 0 spiro atoms. The van der Waals surface area contributed by atoms with Crippen molar-refractivity contribution in [1.29, 1.82) is 0 Å². The molecule has 23 heavy (non-hydrogen) atoms. The molecule has 0 saturated carbocycles. The van der Waals surface area contributed by atoms with Crippen LogP contribution in [0.15, 0.2) is 64.2 Å². The third-order valence-corrected chi connectivity index (χ3v) is 5.58. The fourth-order valence-electron chi connectivity index (χ4n) is 3.09. The summed E-state index contributed by atoms with van der Waals surface area (Å²) >= 11 is 8.04. The molecule has 4 heteroatoms. The van der Waals surface area contributed by atoms with Gasteiger partial charge in [0.1, 0.15) is 0 Å². The van der Waals surface area contributed by atoms with E-state index in [1.165, 1.54) is 33.2 Å². The Hall–Kier alpha value is -1.71. The summed E-state index contributed by atoms with van der Waals surface area (Å²) < 4.78 is 2.33. The van der Waals surface area contributed by atoms with Crippen molar-refractivity contribution >= 4 is 35.3 Å². The zero-order valence-corrected chi connectivity index (χ0v) is 14.6. The summed E-state index contributed by atoms with van der Waals surface area (Å²) in [7, 11) is 2.14. The number of hydrogen-bond donors (Lipinski definition) is 0. The predicted molar refractivity (Wildman–Crippen MR) is 97.1 cm³/mol. The van der Waals surface area contributed by atoms with E-state index in [1.54, 1.807) is 11.8 Å². The normalized spacial score (nSPS) is 16.9. The second-order valence-electron chi connectivity index (χ2n) is 5.96. The van der Waals surface area contributed by atoms with Crippen LogP contribution in [0.3, 0.4) is 0 Å². The van der Waals surface area contributed by atoms with Crippen molar-refractivity contribution in [2.45, 2.75) is 22.6 Å². The van der Waals surface area contributed by atoms with E-state index in [1.807, 2.05) is 6.07 Å². The second-order valence-corrected chi connectivity index (χ2v) is 7.48. The van der Waals surface area contributed by atoms with E-state index >= 15 is 0 Å². The largest absolute Gasteiger partial charge is 0.375 e. The number of rotatable bonds is 1. The van der Waals surface area contributed by atoms with E-state index in [0.29, 0.717) is 0 Å². The first-order chi connectivity index (χ1) is 11.2. The lowest BCUT2D eigenvalue weighted by molar-refractivity contribution is -0.386. The topological polar surface area (TPSA) is 6.25 Å². The highest BCUT2D eigenvalue weighted by Gasteiger charge is 2.27. The molecular formula is C19H18ClN2S+. The number of benzene rings is 2. The molecule has 0 atom stereocenters. The third-order valence-electron chi connectivity index (χ3n) is 4.21.